The van der Waals surface area contributed by atoms with Crippen molar-refractivity contribution in [2.45, 2.75) is 12.7 Å². The van der Waals surface area contributed by atoms with E-state index in [-0.39, 0.29) is 6.61 Å². The van der Waals surface area contributed by atoms with Crippen LogP contribution in [0.2, 0.25) is 0 Å². The van der Waals surface area contributed by atoms with Gasteiger partial charge in [0, 0.05) is 12.4 Å². The van der Waals surface area contributed by atoms with Gasteiger partial charge >= 0.3 is 0 Å². The Bertz CT molecular complexity index is 289. The van der Waals surface area contributed by atoms with Crippen molar-refractivity contribution in [1.29, 1.82) is 0 Å². The monoisotopic (exact) mass is 226 g/mol. The Morgan fingerprint density at radius 3 is 2.93 bits per heavy atom. The minimum atomic E-state index is 0.269. The van der Waals surface area contributed by atoms with Crippen LogP contribution in [0.4, 0.5) is 0 Å². The number of methoxy groups -OCH3 is 1. The third-order valence-electron chi connectivity index (χ3n) is 2.12. The SMILES string of the molecule is COc1cccc(CSCC(C)CO)c1. The molecule has 1 N–H and O–H groups in total. The van der Waals surface area contributed by atoms with Gasteiger partial charge in [-0.15, -0.1) is 0 Å². The normalized spacial score (nSPS) is 12.5. The Hall–Kier alpha value is -0.670. The number of hydrogen-bond donors (Lipinski definition) is 1. The Labute approximate surface area is 95.7 Å². The van der Waals surface area contributed by atoms with Gasteiger partial charge in [0.2, 0.25) is 0 Å². The van der Waals surface area contributed by atoms with Crippen LogP contribution in [-0.2, 0) is 5.75 Å². The van der Waals surface area contributed by atoms with E-state index in [1.165, 1.54) is 5.56 Å². The van der Waals surface area contributed by atoms with Gasteiger partial charge in [0.05, 0.1) is 7.11 Å². The van der Waals surface area contributed by atoms with Crippen LogP contribution >= 0.6 is 11.8 Å². The Morgan fingerprint density at radius 2 is 2.27 bits per heavy atom. The second kappa shape index (κ2) is 6.75. The van der Waals surface area contributed by atoms with Crippen molar-refractivity contribution < 1.29 is 9.84 Å². The Morgan fingerprint density at radius 1 is 1.47 bits per heavy atom. The largest absolute Gasteiger partial charge is 0.497 e. The van der Waals surface area contributed by atoms with Crippen LogP contribution in [-0.4, -0.2) is 24.6 Å². The zero-order chi connectivity index (χ0) is 11.1. The fourth-order valence-corrected chi connectivity index (χ4v) is 2.23. The summed E-state index contributed by atoms with van der Waals surface area (Å²) >= 11 is 1.84. The van der Waals surface area contributed by atoms with E-state index in [1.54, 1.807) is 7.11 Å². The zero-order valence-corrected chi connectivity index (χ0v) is 10.1. The summed E-state index contributed by atoms with van der Waals surface area (Å²) in [5, 5.41) is 8.88. The number of aliphatic hydroxyl groups excluding tert-OH is 1. The lowest BCUT2D eigenvalue weighted by Crippen LogP contribution is -2.03. The highest BCUT2D eigenvalue weighted by Crippen LogP contribution is 2.19. The molecular formula is C12H18O2S. The van der Waals surface area contributed by atoms with Gasteiger partial charge in [0.1, 0.15) is 5.75 Å². The van der Waals surface area contributed by atoms with Crippen LogP contribution in [0.25, 0.3) is 0 Å². The van der Waals surface area contributed by atoms with Gasteiger partial charge in [-0.2, -0.15) is 11.8 Å². The van der Waals surface area contributed by atoms with Gasteiger partial charge in [-0.05, 0) is 29.4 Å². The average Bonchev–Trinajstić information content (AvgIpc) is 2.29. The first kappa shape index (κ1) is 12.4. The lowest BCUT2D eigenvalue weighted by Gasteiger charge is -2.07. The van der Waals surface area contributed by atoms with Gasteiger partial charge in [0.15, 0.2) is 0 Å². The predicted molar refractivity (Wildman–Crippen MR) is 65.4 cm³/mol. The maximum Gasteiger partial charge on any atom is 0.119 e. The highest BCUT2D eigenvalue weighted by atomic mass is 32.2. The fraction of sp³-hybridized carbons (Fsp3) is 0.500. The molecular weight excluding hydrogens is 208 g/mol. The number of ether oxygens (including phenoxy) is 1. The van der Waals surface area contributed by atoms with Crippen LogP contribution in [0.5, 0.6) is 5.75 Å². The molecule has 0 aromatic heterocycles. The third kappa shape index (κ3) is 4.58. The van der Waals surface area contributed by atoms with Gasteiger partial charge in [-0.1, -0.05) is 19.1 Å². The second-order valence-electron chi connectivity index (χ2n) is 3.65. The van der Waals surface area contributed by atoms with Gasteiger partial charge in [-0.3, -0.25) is 0 Å². The summed E-state index contributed by atoms with van der Waals surface area (Å²) in [7, 11) is 1.68. The van der Waals surface area contributed by atoms with Gasteiger partial charge in [-0.25, -0.2) is 0 Å². The molecule has 0 radical (unpaired) electrons. The molecule has 0 amide bonds. The number of benzene rings is 1. The molecule has 0 heterocycles. The molecule has 1 aromatic carbocycles. The van der Waals surface area contributed by atoms with Crippen molar-refractivity contribution in [2.24, 2.45) is 5.92 Å². The van der Waals surface area contributed by atoms with Crippen LogP contribution in [0, 0.1) is 5.92 Å². The molecule has 2 nitrogen and oxygen atoms in total. The molecule has 0 spiro atoms. The average molecular weight is 226 g/mol. The molecule has 0 bridgehead atoms. The van der Waals surface area contributed by atoms with Crippen LogP contribution in [0.15, 0.2) is 24.3 Å². The quantitative estimate of drug-likeness (QED) is 0.808. The topological polar surface area (TPSA) is 29.5 Å². The molecule has 3 heteroatoms. The Balaban J connectivity index is 2.37. The smallest absolute Gasteiger partial charge is 0.119 e. The predicted octanol–water partition coefficient (Wildman–Crippen LogP) is 2.56. The standard InChI is InChI=1S/C12H18O2S/c1-10(7-13)8-15-9-11-4-3-5-12(6-11)14-2/h3-6,10,13H,7-9H2,1-2H3. The number of rotatable bonds is 6. The van der Waals surface area contributed by atoms with Gasteiger partial charge < -0.3 is 9.84 Å². The van der Waals surface area contributed by atoms with E-state index in [2.05, 4.69) is 19.1 Å². The van der Waals surface area contributed by atoms with Crippen molar-refractivity contribution in [2.75, 3.05) is 19.5 Å². The molecule has 1 unspecified atom stereocenters. The lowest BCUT2D eigenvalue weighted by molar-refractivity contribution is 0.250. The molecule has 0 aliphatic carbocycles. The highest BCUT2D eigenvalue weighted by Gasteiger charge is 2.01. The van der Waals surface area contributed by atoms with E-state index < -0.39 is 0 Å². The van der Waals surface area contributed by atoms with E-state index in [9.17, 15) is 0 Å². The molecule has 0 saturated carbocycles. The van der Waals surface area contributed by atoms with Crippen molar-refractivity contribution in [1.82, 2.24) is 0 Å². The number of thioether (sulfide) groups is 1. The van der Waals surface area contributed by atoms with Crippen molar-refractivity contribution >= 4 is 11.8 Å². The summed E-state index contributed by atoms with van der Waals surface area (Å²) in [6.45, 7) is 2.32. The van der Waals surface area contributed by atoms with Crippen molar-refractivity contribution in [3.05, 3.63) is 29.8 Å². The molecule has 0 saturated heterocycles. The third-order valence-corrected chi connectivity index (χ3v) is 3.46. The molecule has 0 fully saturated rings. The van der Waals surface area contributed by atoms with Crippen LogP contribution < -0.4 is 4.74 Å². The number of hydrogen-bond acceptors (Lipinski definition) is 3. The molecule has 84 valence electrons. The summed E-state index contributed by atoms with van der Waals surface area (Å²) in [5.41, 5.74) is 1.27. The summed E-state index contributed by atoms with van der Waals surface area (Å²) in [4.78, 5) is 0. The molecule has 0 aliphatic heterocycles. The molecule has 15 heavy (non-hydrogen) atoms. The maximum absolute atomic E-state index is 8.88. The van der Waals surface area contributed by atoms with E-state index in [0.717, 1.165) is 17.3 Å². The Kier molecular flexibility index (Phi) is 5.58. The lowest BCUT2D eigenvalue weighted by atomic mass is 10.2. The molecule has 1 rings (SSSR count). The summed E-state index contributed by atoms with van der Waals surface area (Å²) in [6.07, 6.45) is 0. The minimum Gasteiger partial charge on any atom is -0.497 e. The molecule has 1 atom stereocenters. The van der Waals surface area contributed by atoms with E-state index in [1.807, 2.05) is 23.9 Å². The molecule has 1 aromatic rings. The van der Waals surface area contributed by atoms with E-state index >= 15 is 0 Å². The second-order valence-corrected chi connectivity index (χ2v) is 4.68. The first-order valence-corrected chi connectivity index (χ1v) is 6.23. The summed E-state index contributed by atoms with van der Waals surface area (Å²) in [5.74, 6) is 3.25. The molecule has 0 aliphatic rings. The minimum absolute atomic E-state index is 0.269. The first-order chi connectivity index (χ1) is 7.26. The summed E-state index contributed by atoms with van der Waals surface area (Å²) < 4.78 is 5.15. The maximum atomic E-state index is 8.88. The van der Waals surface area contributed by atoms with Crippen LogP contribution in [0.1, 0.15) is 12.5 Å². The fourth-order valence-electron chi connectivity index (χ4n) is 1.19. The number of aliphatic hydroxyl groups is 1. The van der Waals surface area contributed by atoms with E-state index in [0.29, 0.717) is 5.92 Å². The van der Waals surface area contributed by atoms with Crippen molar-refractivity contribution in [3.8, 4) is 5.75 Å². The van der Waals surface area contributed by atoms with Crippen molar-refractivity contribution in [3.63, 3.8) is 0 Å². The van der Waals surface area contributed by atoms with Gasteiger partial charge in [0.25, 0.3) is 0 Å². The zero-order valence-electron chi connectivity index (χ0n) is 9.27. The van der Waals surface area contributed by atoms with E-state index in [4.69, 9.17) is 9.84 Å². The van der Waals surface area contributed by atoms with Crippen LogP contribution in [0.3, 0.4) is 0 Å². The first-order valence-electron chi connectivity index (χ1n) is 5.07. The summed E-state index contributed by atoms with van der Waals surface area (Å²) in [6, 6.07) is 8.10. The highest BCUT2D eigenvalue weighted by molar-refractivity contribution is 7.98.